The molecule has 3 aromatic rings. The highest BCUT2D eigenvalue weighted by Gasteiger charge is 2.16. The molecule has 21 heavy (non-hydrogen) atoms. The van der Waals surface area contributed by atoms with Crippen molar-refractivity contribution >= 4 is 11.0 Å². The van der Waals surface area contributed by atoms with Crippen molar-refractivity contribution in [3.63, 3.8) is 0 Å². The van der Waals surface area contributed by atoms with E-state index in [-0.39, 0.29) is 11.3 Å². The maximum Gasteiger partial charge on any atom is 0.347 e. The lowest BCUT2D eigenvalue weighted by molar-refractivity contribution is 0.415. The molecular weight excluding hydrogens is 268 g/mol. The summed E-state index contributed by atoms with van der Waals surface area (Å²) in [4.78, 5) is 12.2. The second kappa shape index (κ2) is 4.98. The van der Waals surface area contributed by atoms with Crippen LogP contribution < -0.4 is 10.4 Å². The number of hydrogen-bond acceptors (Lipinski definition) is 4. The first-order valence-corrected chi connectivity index (χ1v) is 6.51. The Hall–Kier alpha value is -2.75. The van der Waals surface area contributed by atoms with E-state index in [0.29, 0.717) is 22.3 Å². The molecule has 0 bridgehead atoms. The summed E-state index contributed by atoms with van der Waals surface area (Å²) >= 11 is 0. The average Bonchev–Trinajstić information content (AvgIpc) is 2.49. The number of para-hydroxylation sites is 1. The summed E-state index contributed by atoms with van der Waals surface area (Å²) in [6.07, 6.45) is 0. The van der Waals surface area contributed by atoms with Crippen LogP contribution in [0.4, 0.5) is 0 Å². The first-order valence-electron chi connectivity index (χ1n) is 6.51. The van der Waals surface area contributed by atoms with Gasteiger partial charge in [-0.05, 0) is 36.2 Å². The molecule has 2 aromatic carbocycles. The van der Waals surface area contributed by atoms with Gasteiger partial charge < -0.3 is 14.3 Å². The van der Waals surface area contributed by atoms with Gasteiger partial charge in [0.25, 0.3) is 0 Å². The van der Waals surface area contributed by atoms with Crippen molar-refractivity contribution in [3.05, 3.63) is 58.4 Å². The van der Waals surface area contributed by atoms with Crippen molar-refractivity contribution < 1.29 is 14.3 Å². The number of aromatic hydroxyl groups is 1. The monoisotopic (exact) mass is 282 g/mol. The van der Waals surface area contributed by atoms with Crippen LogP contribution in [0.25, 0.3) is 22.1 Å². The van der Waals surface area contributed by atoms with Gasteiger partial charge in [-0.25, -0.2) is 4.79 Å². The minimum atomic E-state index is -0.556. The zero-order valence-corrected chi connectivity index (χ0v) is 11.7. The minimum absolute atomic E-state index is 0.0601. The van der Waals surface area contributed by atoms with Gasteiger partial charge in [0, 0.05) is 0 Å². The summed E-state index contributed by atoms with van der Waals surface area (Å²) < 4.78 is 10.5. The Balaban J connectivity index is 2.29. The number of methoxy groups -OCH3 is 1. The number of benzene rings is 2. The second-order valence-electron chi connectivity index (χ2n) is 4.79. The highest BCUT2D eigenvalue weighted by molar-refractivity contribution is 5.91. The molecule has 4 heteroatoms. The fraction of sp³-hybridized carbons (Fsp3) is 0.118. The van der Waals surface area contributed by atoms with Crippen molar-refractivity contribution in [2.45, 2.75) is 6.92 Å². The standard InChI is InChI=1S/C17H14O4/c1-10-4-3-5-13-15(18)14(17(19)21-16(10)13)11-6-8-12(20-2)9-7-11/h3-9,18H,1-2H3. The Morgan fingerprint density at radius 2 is 1.81 bits per heavy atom. The summed E-state index contributed by atoms with van der Waals surface area (Å²) in [6.45, 7) is 1.83. The number of fused-ring (bicyclic) bond motifs is 1. The normalized spacial score (nSPS) is 10.8. The van der Waals surface area contributed by atoms with Gasteiger partial charge in [0.2, 0.25) is 0 Å². The molecule has 0 aliphatic carbocycles. The SMILES string of the molecule is COc1ccc(-c2c(O)c3cccc(C)c3oc2=O)cc1. The summed E-state index contributed by atoms with van der Waals surface area (Å²) in [7, 11) is 1.57. The zero-order valence-electron chi connectivity index (χ0n) is 11.7. The molecule has 1 N–H and O–H groups in total. The van der Waals surface area contributed by atoms with Crippen LogP contribution in [0, 0.1) is 6.92 Å². The first-order chi connectivity index (χ1) is 10.1. The number of rotatable bonds is 2. The number of ether oxygens (including phenoxy) is 1. The van der Waals surface area contributed by atoms with Crippen molar-refractivity contribution in [3.8, 4) is 22.6 Å². The van der Waals surface area contributed by atoms with E-state index in [2.05, 4.69) is 0 Å². The lowest BCUT2D eigenvalue weighted by Gasteiger charge is -2.08. The molecule has 0 atom stereocenters. The molecule has 3 rings (SSSR count). The third-order valence-corrected chi connectivity index (χ3v) is 3.48. The van der Waals surface area contributed by atoms with Crippen LogP contribution in [0.5, 0.6) is 11.5 Å². The third kappa shape index (κ3) is 2.14. The van der Waals surface area contributed by atoms with Gasteiger partial charge in [-0.2, -0.15) is 0 Å². The topological polar surface area (TPSA) is 59.7 Å². The van der Waals surface area contributed by atoms with Gasteiger partial charge >= 0.3 is 5.63 Å². The molecule has 0 unspecified atom stereocenters. The average molecular weight is 282 g/mol. The molecule has 106 valence electrons. The highest BCUT2D eigenvalue weighted by atomic mass is 16.5. The van der Waals surface area contributed by atoms with Crippen molar-refractivity contribution in [1.82, 2.24) is 0 Å². The molecule has 1 aromatic heterocycles. The van der Waals surface area contributed by atoms with Crippen LogP contribution in [0.15, 0.2) is 51.7 Å². The van der Waals surface area contributed by atoms with Crippen LogP contribution >= 0.6 is 0 Å². The van der Waals surface area contributed by atoms with Gasteiger partial charge in [-0.3, -0.25) is 0 Å². The van der Waals surface area contributed by atoms with Gasteiger partial charge in [0.1, 0.15) is 22.6 Å². The lowest BCUT2D eigenvalue weighted by Crippen LogP contribution is -2.04. The predicted molar refractivity (Wildman–Crippen MR) is 80.9 cm³/mol. The molecule has 0 saturated carbocycles. The van der Waals surface area contributed by atoms with Crippen molar-refractivity contribution in [2.24, 2.45) is 0 Å². The van der Waals surface area contributed by atoms with E-state index < -0.39 is 5.63 Å². The molecule has 0 aliphatic rings. The van der Waals surface area contributed by atoms with Crippen LogP contribution in [0.2, 0.25) is 0 Å². The fourth-order valence-electron chi connectivity index (χ4n) is 2.36. The van der Waals surface area contributed by atoms with Crippen LogP contribution in [-0.2, 0) is 0 Å². The van der Waals surface area contributed by atoms with E-state index in [1.165, 1.54) is 0 Å². The smallest absolute Gasteiger partial charge is 0.347 e. The van der Waals surface area contributed by atoms with E-state index in [0.717, 1.165) is 5.56 Å². The van der Waals surface area contributed by atoms with E-state index >= 15 is 0 Å². The first kappa shape index (κ1) is 13.2. The predicted octanol–water partition coefficient (Wildman–Crippen LogP) is 3.48. The molecule has 1 heterocycles. The summed E-state index contributed by atoms with van der Waals surface area (Å²) in [5.41, 5.74) is 1.42. The van der Waals surface area contributed by atoms with Crippen LogP contribution in [-0.4, -0.2) is 12.2 Å². The molecule has 0 aliphatic heterocycles. The van der Waals surface area contributed by atoms with Crippen molar-refractivity contribution in [2.75, 3.05) is 7.11 Å². The van der Waals surface area contributed by atoms with E-state index in [4.69, 9.17) is 9.15 Å². The Labute approximate surface area is 121 Å². The summed E-state index contributed by atoms with van der Waals surface area (Å²) in [6, 6.07) is 12.3. The third-order valence-electron chi connectivity index (χ3n) is 3.48. The molecule has 0 fully saturated rings. The summed E-state index contributed by atoms with van der Waals surface area (Å²) in [5, 5.41) is 11.0. The quantitative estimate of drug-likeness (QED) is 0.731. The van der Waals surface area contributed by atoms with Crippen LogP contribution in [0.1, 0.15) is 5.56 Å². The maximum absolute atomic E-state index is 12.2. The Kier molecular flexibility index (Phi) is 3.14. The molecule has 0 spiro atoms. The van der Waals surface area contributed by atoms with Gasteiger partial charge in [0.05, 0.1) is 12.5 Å². The molecule has 0 radical (unpaired) electrons. The van der Waals surface area contributed by atoms with E-state index in [1.54, 1.807) is 37.4 Å². The Morgan fingerprint density at radius 1 is 1.10 bits per heavy atom. The Morgan fingerprint density at radius 3 is 2.48 bits per heavy atom. The second-order valence-corrected chi connectivity index (χ2v) is 4.79. The maximum atomic E-state index is 12.2. The molecule has 0 saturated heterocycles. The summed E-state index contributed by atoms with van der Waals surface area (Å²) in [5.74, 6) is 0.620. The van der Waals surface area contributed by atoms with E-state index in [9.17, 15) is 9.90 Å². The number of hydrogen-bond donors (Lipinski definition) is 1. The zero-order chi connectivity index (χ0) is 15.0. The molecule has 0 amide bonds. The largest absolute Gasteiger partial charge is 0.506 e. The fourth-order valence-corrected chi connectivity index (χ4v) is 2.36. The molecule has 4 nitrogen and oxygen atoms in total. The van der Waals surface area contributed by atoms with Crippen molar-refractivity contribution in [1.29, 1.82) is 0 Å². The highest BCUT2D eigenvalue weighted by Crippen LogP contribution is 2.34. The number of aryl methyl sites for hydroxylation is 1. The van der Waals surface area contributed by atoms with Gasteiger partial charge in [0.15, 0.2) is 0 Å². The van der Waals surface area contributed by atoms with E-state index in [1.807, 2.05) is 19.1 Å². The lowest BCUT2D eigenvalue weighted by atomic mass is 10.0. The minimum Gasteiger partial charge on any atom is -0.506 e. The van der Waals surface area contributed by atoms with Crippen LogP contribution in [0.3, 0.4) is 0 Å². The van der Waals surface area contributed by atoms with Gasteiger partial charge in [-0.1, -0.05) is 24.3 Å². The van der Waals surface area contributed by atoms with Gasteiger partial charge in [-0.15, -0.1) is 0 Å². The Bertz CT molecular complexity index is 860. The molecular formula is C17H14O4.